The summed E-state index contributed by atoms with van der Waals surface area (Å²) in [6.45, 7) is 7.00. The molecule has 1 aliphatic rings. The fourth-order valence-corrected chi connectivity index (χ4v) is 4.75. The molecule has 0 radical (unpaired) electrons. The molecule has 0 unspecified atom stereocenters. The zero-order chi connectivity index (χ0) is 22.7. The second-order valence-corrected chi connectivity index (χ2v) is 9.16. The van der Waals surface area contributed by atoms with E-state index in [2.05, 4.69) is 26.5 Å². The number of nitrogens with zero attached hydrogens (tertiary/aromatic N) is 6. The summed E-state index contributed by atoms with van der Waals surface area (Å²) in [5.74, 6) is -0.00701. The number of rotatable bonds is 6. The van der Waals surface area contributed by atoms with Gasteiger partial charge in [0.15, 0.2) is 0 Å². The molecular weight excluding hydrogens is 451 g/mol. The van der Waals surface area contributed by atoms with Crippen LogP contribution in [0, 0.1) is 19.7 Å². The molecule has 0 saturated carbocycles. The Balaban J connectivity index is 1.31. The van der Waals surface area contributed by atoms with Crippen molar-refractivity contribution in [1.82, 2.24) is 30.0 Å². The van der Waals surface area contributed by atoms with Gasteiger partial charge < -0.3 is 4.90 Å². The first-order chi connectivity index (χ1) is 15.4. The van der Waals surface area contributed by atoms with E-state index in [9.17, 15) is 9.18 Å². The third-order valence-corrected chi connectivity index (χ3v) is 6.77. The van der Waals surface area contributed by atoms with Crippen LogP contribution in [0.25, 0.3) is 5.69 Å². The highest BCUT2D eigenvalue weighted by atomic mass is 35.5. The molecular formula is C22H24ClFN6OS. The molecule has 0 N–H and O–H groups in total. The van der Waals surface area contributed by atoms with Crippen molar-refractivity contribution < 1.29 is 9.18 Å². The molecule has 1 aromatic heterocycles. The highest BCUT2D eigenvalue weighted by Crippen LogP contribution is 2.23. The third-order valence-electron chi connectivity index (χ3n) is 5.51. The summed E-state index contributed by atoms with van der Waals surface area (Å²) >= 11 is 7.47. The van der Waals surface area contributed by atoms with Crippen LogP contribution in [0.1, 0.15) is 16.7 Å². The molecule has 168 valence electrons. The van der Waals surface area contributed by atoms with Crippen LogP contribution >= 0.6 is 23.4 Å². The van der Waals surface area contributed by atoms with Crippen molar-refractivity contribution in [3.8, 4) is 5.69 Å². The SMILES string of the molecule is Cc1ccc(-n2nnnc2SCC(=O)N2CCN(Cc3c(F)cccc3Cl)CC2)c(C)c1. The first-order valence-electron chi connectivity index (χ1n) is 10.3. The van der Waals surface area contributed by atoms with Crippen molar-refractivity contribution in [2.45, 2.75) is 25.5 Å². The number of carbonyl (C=O) groups excluding carboxylic acids is 1. The number of hydrogen-bond donors (Lipinski definition) is 0. The van der Waals surface area contributed by atoms with Crippen LogP contribution in [-0.4, -0.2) is 67.8 Å². The molecule has 0 aliphatic carbocycles. The number of amides is 1. The fraction of sp³-hybridized carbons (Fsp3) is 0.364. The van der Waals surface area contributed by atoms with Gasteiger partial charge in [0.2, 0.25) is 11.1 Å². The summed E-state index contributed by atoms with van der Waals surface area (Å²) in [5.41, 5.74) is 3.63. The molecule has 7 nitrogen and oxygen atoms in total. The Hall–Kier alpha value is -2.49. The lowest BCUT2D eigenvalue weighted by Crippen LogP contribution is -2.48. The molecule has 2 heterocycles. The van der Waals surface area contributed by atoms with Gasteiger partial charge in [0, 0.05) is 43.3 Å². The summed E-state index contributed by atoms with van der Waals surface area (Å²) in [4.78, 5) is 16.7. The van der Waals surface area contributed by atoms with Gasteiger partial charge in [-0.2, -0.15) is 4.68 Å². The highest BCUT2D eigenvalue weighted by molar-refractivity contribution is 7.99. The number of tetrazole rings is 1. The Kier molecular flexibility index (Phi) is 7.07. The average molecular weight is 475 g/mol. The quantitative estimate of drug-likeness (QED) is 0.509. The van der Waals surface area contributed by atoms with Crippen molar-refractivity contribution in [3.05, 3.63) is 63.9 Å². The third kappa shape index (κ3) is 5.11. The second kappa shape index (κ2) is 9.97. The van der Waals surface area contributed by atoms with Gasteiger partial charge in [0.25, 0.3) is 0 Å². The monoisotopic (exact) mass is 474 g/mol. The van der Waals surface area contributed by atoms with Gasteiger partial charge in [0.1, 0.15) is 5.82 Å². The molecule has 1 saturated heterocycles. The standard InChI is InChI=1S/C22H24ClFN6OS/c1-15-6-7-20(16(2)12-15)30-22(25-26-27-30)32-14-21(31)29-10-8-28(9-11-29)13-17-18(23)4-3-5-19(17)24/h3-7,12H,8-11,13-14H2,1-2H3. The molecule has 32 heavy (non-hydrogen) atoms. The molecule has 0 bridgehead atoms. The summed E-state index contributed by atoms with van der Waals surface area (Å²) in [6.07, 6.45) is 0. The van der Waals surface area contributed by atoms with Crippen molar-refractivity contribution in [3.63, 3.8) is 0 Å². The number of halogens is 2. The van der Waals surface area contributed by atoms with Gasteiger partial charge in [-0.25, -0.2) is 4.39 Å². The first-order valence-corrected chi connectivity index (χ1v) is 11.7. The van der Waals surface area contributed by atoms with Crippen molar-refractivity contribution in [2.75, 3.05) is 31.9 Å². The average Bonchev–Trinajstić information content (AvgIpc) is 3.23. The normalized spacial score (nSPS) is 14.7. The fourth-order valence-electron chi connectivity index (χ4n) is 3.74. The number of aryl methyl sites for hydroxylation is 2. The summed E-state index contributed by atoms with van der Waals surface area (Å²) in [5, 5.41) is 13.0. The van der Waals surface area contributed by atoms with E-state index in [1.807, 2.05) is 30.9 Å². The predicted octanol–water partition coefficient (Wildman–Crippen LogP) is 3.51. The topological polar surface area (TPSA) is 67.2 Å². The first kappa shape index (κ1) is 22.7. The Morgan fingerprint density at radius 2 is 1.94 bits per heavy atom. The van der Waals surface area contributed by atoms with Gasteiger partial charge >= 0.3 is 0 Å². The lowest BCUT2D eigenvalue weighted by Gasteiger charge is -2.34. The largest absolute Gasteiger partial charge is 0.339 e. The van der Waals surface area contributed by atoms with E-state index in [1.54, 1.807) is 16.8 Å². The van der Waals surface area contributed by atoms with Gasteiger partial charge in [0.05, 0.1) is 11.4 Å². The van der Waals surface area contributed by atoms with E-state index in [4.69, 9.17) is 11.6 Å². The minimum Gasteiger partial charge on any atom is -0.339 e. The zero-order valence-electron chi connectivity index (χ0n) is 18.0. The molecule has 4 rings (SSSR count). The number of thioether (sulfide) groups is 1. The van der Waals surface area contributed by atoms with Crippen LogP contribution in [0.4, 0.5) is 4.39 Å². The minimum atomic E-state index is -0.297. The van der Waals surface area contributed by atoms with Crippen molar-refractivity contribution in [1.29, 1.82) is 0 Å². The van der Waals surface area contributed by atoms with Crippen LogP contribution in [0.15, 0.2) is 41.6 Å². The predicted molar refractivity (Wildman–Crippen MR) is 123 cm³/mol. The second-order valence-electron chi connectivity index (χ2n) is 7.81. The summed E-state index contributed by atoms with van der Waals surface area (Å²) in [7, 11) is 0. The van der Waals surface area contributed by atoms with E-state index in [0.717, 1.165) is 11.3 Å². The lowest BCUT2D eigenvalue weighted by molar-refractivity contribution is -0.130. The van der Waals surface area contributed by atoms with E-state index in [1.165, 1.54) is 23.4 Å². The smallest absolute Gasteiger partial charge is 0.233 e. The summed E-state index contributed by atoms with van der Waals surface area (Å²) < 4.78 is 15.7. The van der Waals surface area contributed by atoms with Gasteiger partial charge in [-0.15, -0.1) is 5.10 Å². The Morgan fingerprint density at radius 1 is 1.16 bits per heavy atom. The lowest BCUT2D eigenvalue weighted by atomic mass is 10.1. The molecule has 2 aromatic carbocycles. The van der Waals surface area contributed by atoms with Gasteiger partial charge in [-0.3, -0.25) is 9.69 Å². The maximum absolute atomic E-state index is 14.0. The van der Waals surface area contributed by atoms with Crippen LogP contribution in [0.3, 0.4) is 0 Å². The van der Waals surface area contributed by atoms with E-state index >= 15 is 0 Å². The van der Waals surface area contributed by atoms with Gasteiger partial charge in [-0.1, -0.05) is 47.1 Å². The Morgan fingerprint density at radius 3 is 2.66 bits per heavy atom. The molecule has 0 spiro atoms. The van der Waals surface area contributed by atoms with E-state index in [0.29, 0.717) is 48.5 Å². The van der Waals surface area contributed by atoms with Crippen molar-refractivity contribution >= 4 is 29.3 Å². The Labute approximate surface area is 195 Å². The van der Waals surface area contributed by atoms with E-state index < -0.39 is 0 Å². The number of piperazine rings is 1. The highest BCUT2D eigenvalue weighted by Gasteiger charge is 2.23. The molecule has 1 amide bonds. The molecule has 1 aliphatic heterocycles. The van der Waals surface area contributed by atoms with Crippen LogP contribution in [-0.2, 0) is 11.3 Å². The zero-order valence-corrected chi connectivity index (χ0v) is 19.5. The minimum absolute atomic E-state index is 0.0359. The number of benzene rings is 2. The number of aromatic nitrogens is 4. The van der Waals surface area contributed by atoms with Crippen molar-refractivity contribution in [2.24, 2.45) is 0 Å². The molecule has 3 aromatic rings. The van der Waals surface area contributed by atoms with Crippen LogP contribution in [0.2, 0.25) is 5.02 Å². The summed E-state index contributed by atoms with van der Waals surface area (Å²) in [6, 6.07) is 10.8. The molecule has 10 heteroatoms. The number of hydrogen-bond acceptors (Lipinski definition) is 6. The van der Waals surface area contributed by atoms with Crippen LogP contribution < -0.4 is 0 Å². The van der Waals surface area contributed by atoms with Gasteiger partial charge in [-0.05, 0) is 48.0 Å². The maximum Gasteiger partial charge on any atom is 0.233 e. The molecule has 1 fully saturated rings. The Bertz CT molecular complexity index is 1100. The van der Waals surface area contributed by atoms with Crippen LogP contribution in [0.5, 0.6) is 0 Å². The molecule has 0 atom stereocenters. The number of carbonyl (C=O) groups is 1. The van der Waals surface area contributed by atoms with E-state index in [-0.39, 0.29) is 17.5 Å². The maximum atomic E-state index is 14.0.